The number of carbonyl (C=O) groups excluding carboxylic acids is 1. The second kappa shape index (κ2) is 7.59. The SMILES string of the molecule is O=C(NC(CO)c1ccccc1)c1ccc(-c2ccccc2)[nH]c1=O. The Balaban J connectivity index is 1.82. The number of aliphatic hydroxyl groups is 1. The van der Waals surface area contributed by atoms with Crippen LogP contribution < -0.4 is 10.9 Å². The van der Waals surface area contributed by atoms with Crippen LogP contribution in [0.2, 0.25) is 0 Å². The molecule has 0 radical (unpaired) electrons. The molecule has 0 aliphatic carbocycles. The topological polar surface area (TPSA) is 82.2 Å². The summed E-state index contributed by atoms with van der Waals surface area (Å²) in [5.74, 6) is -0.524. The number of aromatic amines is 1. The lowest BCUT2D eigenvalue weighted by molar-refractivity contribution is 0.0914. The Morgan fingerprint density at radius 2 is 1.60 bits per heavy atom. The third-order valence-electron chi connectivity index (χ3n) is 3.93. The molecule has 3 aromatic rings. The average molecular weight is 334 g/mol. The van der Waals surface area contributed by atoms with E-state index in [1.165, 1.54) is 6.07 Å². The molecule has 0 bridgehead atoms. The van der Waals surface area contributed by atoms with E-state index in [1.807, 2.05) is 60.7 Å². The van der Waals surface area contributed by atoms with E-state index in [1.54, 1.807) is 6.07 Å². The first kappa shape index (κ1) is 16.7. The molecule has 5 nitrogen and oxygen atoms in total. The number of carbonyl (C=O) groups is 1. The van der Waals surface area contributed by atoms with Crippen LogP contribution >= 0.6 is 0 Å². The lowest BCUT2D eigenvalue weighted by Gasteiger charge is -2.16. The predicted octanol–water partition coefficient (Wildman–Crippen LogP) is 2.51. The molecular formula is C20H18N2O3. The van der Waals surface area contributed by atoms with Crippen molar-refractivity contribution in [2.45, 2.75) is 6.04 Å². The third kappa shape index (κ3) is 3.84. The van der Waals surface area contributed by atoms with Crippen LogP contribution in [0.1, 0.15) is 22.0 Å². The second-order valence-corrected chi connectivity index (χ2v) is 5.60. The second-order valence-electron chi connectivity index (χ2n) is 5.60. The Morgan fingerprint density at radius 1 is 0.960 bits per heavy atom. The number of rotatable bonds is 5. The number of pyridine rings is 1. The van der Waals surface area contributed by atoms with Crippen molar-refractivity contribution in [2.24, 2.45) is 0 Å². The molecule has 0 aliphatic rings. The molecule has 2 aromatic carbocycles. The molecule has 1 atom stereocenters. The van der Waals surface area contributed by atoms with Crippen LogP contribution in [-0.2, 0) is 0 Å². The minimum Gasteiger partial charge on any atom is -0.394 e. The molecule has 3 rings (SSSR count). The molecule has 0 aliphatic heterocycles. The van der Waals surface area contributed by atoms with E-state index in [0.29, 0.717) is 5.69 Å². The highest BCUT2D eigenvalue weighted by molar-refractivity contribution is 5.94. The molecule has 3 N–H and O–H groups in total. The third-order valence-corrected chi connectivity index (χ3v) is 3.93. The van der Waals surface area contributed by atoms with E-state index in [9.17, 15) is 14.7 Å². The summed E-state index contributed by atoms with van der Waals surface area (Å²) in [5, 5.41) is 12.2. The zero-order valence-electron chi connectivity index (χ0n) is 13.5. The van der Waals surface area contributed by atoms with Crippen molar-refractivity contribution < 1.29 is 9.90 Å². The molecule has 1 heterocycles. The summed E-state index contributed by atoms with van der Waals surface area (Å²) in [6, 6.07) is 21.1. The summed E-state index contributed by atoms with van der Waals surface area (Å²) in [5.41, 5.74) is 1.82. The Labute approximate surface area is 145 Å². The van der Waals surface area contributed by atoms with Crippen LogP contribution in [0.5, 0.6) is 0 Å². The lowest BCUT2D eigenvalue weighted by Crippen LogP contribution is -2.34. The smallest absolute Gasteiger partial charge is 0.261 e. The normalized spacial score (nSPS) is 11.7. The molecule has 5 heteroatoms. The average Bonchev–Trinajstić information content (AvgIpc) is 2.67. The monoisotopic (exact) mass is 334 g/mol. The number of nitrogens with one attached hydrogen (secondary N) is 2. The maximum atomic E-state index is 12.4. The van der Waals surface area contributed by atoms with Gasteiger partial charge in [-0.15, -0.1) is 0 Å². The molecule has 126 valence electrons. The Kier molecular flexibility index (Phi) is 5.06. The number of H-pyrrole nitrogens is 1. The number of aromatic nitrogens is 1. The number of hydrogen-bond donors (Lipinski definition) is 3. The van der Waals surface area contributed by atoms with E-state index in [0.717, 1.165) is 11.1 Å². The van der Waals surface area contributed by atoms with E-state index in [-0.39, 0.29) is 12.2 Å². The molecule has 0 spiro atoms. The van der Waals surface area contributed by atoms with Gasteiger partial charge in [-0.3, -0.25) is 9.59 Å². The van der Waals surface area contributed by atoms with Crippen molar-refractivity contribution >= 4 is 5.91 Å². The van der Waals surface area contributed by atoms with Crippen LogP contribution in [-0.4, -0.2) is 22.6 Å². The zero-order chi connectivity index (χ0) is 17.6. The Bertz CT molecular complexity index is 905. The fraction of sp³-hybridized carbons (Fsp3) is 0.100. The summed E-state index contributed by atoms with van der Waals surface area (Å²) < 4.78 is 0. The van der Waals surface area contributed by atoms with Gasteiger partial charge in [0, 0.05) is 5.69 Å². The van der Waals surface area contributed by atoms with Crippen molar-refractivity contribution in [1.29, 1.82) is 0 Å². The number of hydrogen-bond acceptors (Lipinski definition) is 3. The van der Waals surface area contributed by atoms with Gasteiger partial charge in [-0.2, -0.15) is 0 Å². The van der Waals surface area contributed by atoms with Gasteiger partial charge >= 0.3 is 0 Å². The standard InChI is InChI=1S/C20H18N2O3/c23-13-18(15-9-5-2-6-10-15)22-20(25)16-11-12-17(21-19(16)24)14-7-3-1-4-8-14/h1-12,18,23H,13H2,(H,21,24)(H,22,25). The number of amides is 1. The quantitative estimate of drug-likeness (QED) is 0.670. The van der Waals surface area contributed by atoms with Gasteiger partial charge in [0.25, 0.3) is 11.5 Å². The van der Waals surface area contributed by atoms with Crippen LogP contribution in [0.15, 0.2) is 77.6 Å². The highest BCUT2D eigenvalue weighted by atomic mass is 16.3. The highest BCUT2D eigenvalue weighted by Crippen LogP contribution is 2.15. The summed E-state index contributed by atoms with van der Waals surface area (Å²) in [6.07, 6.45) is 0. The van der Waals surface area contributed by atoms with Gasteiger partial charge in [0.15, 0.2) is 0 Å². The number of benzene rings is 2. The van der Waals surface area contributed by atoms with Gasteiger partial charge in [-0.1, -0.05) is 60.7 Å². The summed E-state index contributed by atoms with van der Waals surface area (Å²) in [6.45, 7) is -0.254. The van der Waals surface area contributed by atoms with Crippen LogP contribution in [0.4, 0.5) is 0 Å². The molecule has 25 heavy (non-hydrogen) atoms. The van der Waals surface area contributed by atoms with Crippen molar-refractivity contribution in [3.8, 4) is 11.3 Å². The molecular weight excluding hydrogens is 316 g/mol. The minimum atomic E-state index is -0.568. The van der Waals surface area contributed by atoms with Gasteiger partial charge in [0.2, 0.25) is 0 Å². The van der Waals surface area contributed by atoms with E-state index in [2.05, 4.69) is 10.3 Å². The summed E-state index contributed by atoms with van der Waals surface area (Å²) in [7, 11) is 0. The van der Waals surface area contributed by atoms with E-state index >= 15 is 0 Å². The lowest BCUT2D eigenvalue weighted by atomic mass is 10.1. The molecule has 0 fully saturated rings. The van der Waals surface area contributed by atoms with Crippen LogP contribution in [0, 0.1) is 0 Å². The Hall–Kier alpha value is -3.18. The maximum Gasteiger partial charge on any atom is 0.261 e. The molecule has 1 aromatic heterocycles. The fourth-order valence-electron chi connectivity index (χ4n) is 2.59. The van der Waals surface area contributed by atoms with Crippen molar-refractivity contribution in [2.75, 3.05) is 6.61 Å². The minimum absolute atomic E-state index is 0.00839. The maximum absolute atomic E-state index is 12.4. The van der Waals surface area contributed by atoms with Crippen molar-refractivity contribution in [1.82, 2.24) is 10.3 Å². The largest absolute Gasteiger partial charge is 0.394 e. The fourth-order valence-corrected chi connectivity index (χ4v) is 2.59. The molecule has 1 unspecified atom stereocenters. The van der Waals surface area contributed by atoms with Gasteiger partial charge < -0.3 is 15.4 Å². The molecule has 0 saturated carbocycles. The van der Waals surface area contributed by atoms with Gasteiger partial charge in [-0.25, -0.2) is 0 Å². The molecule has 0 saturated heterocycles. The van der Waals surface area contributed by atoms with Crippen molar-refractivity contribution in [3.63, 3.8) is 0 Å². The number of aliphatic hydroxyl groups excluding tert-OH is 1. The van der Waals surface area contributed by atoms with Crippen LogP contribution in [0.3, 0.4) is 0 Å². The predicted molar refractivity (Wildman–Crippen MR) is 96.2 cm³/mol. The van der Waals surface area contributed by atoms with E-state index < -0.39 is 17.5 Å². The first-order valence-electron chi connectivity index (χ1n) is 7.94. The Morgan fingerprint density at radius 3 is 2.20 bits per heavy atom. The summed E-state index contributed by atoms with van der Waals surface area (Å²) in [4.78, 5) is 27.4. The van der Waals surface area contributed by atoms with Gasteiger partial charge in [0.1, 0.15) is 5.56 Å². The van der Waals surface area contributed by atoms with Gasteiger partial charge in [0.05, 0.1) is 12.6 Å². The first-order chi connectivity index (χ1) is 12.2. The van der Waals surface area contributed by atoms with Crippen molar-refractivity contribution in [3.05, 3.63) is 94.3 Å². The highest BCUT2D eigenvalue weighted by Gasteiger charge is 2.17. The zero-order valence-corrected chi connectivity index (χ0v) is 13.5. The first-order valence-corrected chi connectivity index (χ1v) is 7.94. The molecule has 1 amide bonds. The summed E-state index contributed by atoms with van der Waals surface area (Å²) >= 11 is 0. The van der Waals surface area contributed by atoms with E-state index in [4.69, 9.17) is 0 Å². The van der Waals surface area contributed by atoms with Gasteiger partial charge in [-0.05, 0) is 23.3 Å². The van der Waals surface area contributed by atoms with Crippen LogP contribution in [0.25, 0.3) is 11.3 Å².